The molecule has 1 aromatic carbocycles. The molecule has 0 fully saturated rings. The number of hydrogen-bond acceptors (Lipinski definition) is 4. The van der Waals surface area contributed by atoms with Gasteiger partial charge in [0.1, 0.15) is 0 Å². The Kier molecular flexibility index (Phi) is 4.98. The quantitative estimate of drug-likeness (QED) is 0.656. The molecule has 0 aliphatic carbocycles. The van der Waals surface area contributed by atoms with Gasteiger partial charge in [-0.1, -0.05) is 6.07 Å². The van der Waals surface area contributed by atoms with Gasteiger partial charge >= 0.3 is 0 Å². The number of ether oxygens (including phenoxy) is 1. The topological polar surface area (TPSA) is 87.7 Å². The van der Waals surface area contributed by atoms with Gasteiger partial charge in [-0.2, -0.15) is 0 Å². The lowest BCUT2D eigenvalue weighted by atomic mass is 10.1. The maximum atomic E-state index is 11.7. The lowest BCUT2D eigenvalue weighted by molar-refractivity contribution is -0.118. The van der Waals surface area contributed by atoms with Crippen molar-refractivity contribution in [3.8, 4) is 11.5 Å². The Morgan fingerprint density at radius 3 is 2.56 bits per heavy atom. The molecule has 0 heterocycles. The highest BCUT2D eigenvalue weighted by atomic mass is 16.5. The van der Waals surface area contributed by atoms with Gasteiger partial charge < -0.3 is 20.5 Å². The zero-order valence-electron chi connectivity index (χ0n) is 10.3. The number of phenolic OH excluding ortho intramolecular Hbond substituents is 1. The first-order chi connectivity index (χ1) is 8.56. The molecule has 1 rings (SSSR count). The fourth-order valence-corrected chi connectivity index (χ4v) is 1.38. The molecule has 18 heavy (non-hydrogen) atoms. The summed E-state index contributed by atoms with van der Waals surface area (Å²) in [6, 6.07) is 4.66. The lowest BCUT2D eigenvalue weighted by Gasteiger charge is -2.09. The molecule has 0 saturated carbocycles. The van der Waals surface area contributed by atoms with Gasteiger partial charge in [0.05, 0.1) is 12.7 Å². The summed E-state index contributed by atoms with van der Waals surface area (Å²) >= 11 is 0. The smallest absolute Gasteiger partial charge is 0.255 e. The molecule has 2 amide bonds. The number of methoxy groups -OCH3 is 1. The van der Waals surface area contributed by atoms with E-state index in [0.717, 1.165) is 0 Å². The van der Waals surface area contributed by atoms with E-state index in [1.807, 2.05) is 0 Å². The Balaban J connectivity index is 2.59. The molecule has 0 aliphatic rings. The van der Waals surface area contributed by atoms with Crippen LogP contribution in [0.1, 0.15) is 17.3 Å². The molecule has 3 N–H and O–H groups in total. The van der Waals surface area contributed by atoms with E-state index in [-0.39, 0.29) is 29.5 Å². The predicted molar refractivity (Wildman–Crippen MR) is 65.7 cm³/mol. The molecule has 0 aromatic heterocycles. The van der Waals surface area contributed by atoms with Crippen LogP contribution in [0, 0.1) is 0 Å². The van der Waals surface area contributed by atoms with Crippen LogP contribution in [0.2, 0.25) is 0 Å². The van der Waals surface area contributed by atoms with Crippen LogP contribution in [-0.4, -0.2) is 37.1 Å². The van der Waals surface area contributed by atoms with Crippen LogP contribution in [0.4, 0.5) is 0 Å². The van der Waals surface area contributed by atoms with Gasteiger partial charge in [0.25, 0.3) is 5.91 Å². The summed E-state index contributed by atoms with van der Waals surface area (Å²) in [4.78, 5) is 22.4. The maximum Gasteiger partial charge on any atom is 0.255 e. The van der Waals surface area contributed by atoms with Crippen molar-refractivity contribution in [2.24, 2.45) is 0 Å². The second-order valence-electron chi connectivity index (χ2n) is 3.60. The Morgan fingerprint density at radius 2 is 1.94 bits per heavy atom. The fraction of sp³-hybridized carbons (Fsp3) is 0.333. The van der Waals surface area contributed by atoms with Crippen molar-refractivity contribution in [1.82, 2.24) is 10.6 Å². The first-order valence-electron chi connectivity index (χ1n) is 5.45. The fourth-order valence-electron chi connectivity index (χ4n) is 1.38. The van der Waals surface area contributed by atoms with Crippen LogP contribution in [0.15, 0.2) is 18.2 Å². The predicted octanol–water partition coefficient (Wildman–Crippen LogP) is 0.267. The van der Waals surface area contributed by atoms with Crippen LogP contribution in [-0.2, 0) is 4.79 Å². The SMILES string of the molecule is COc1cccc(C(=O)NCCNC(C)=O)c1O. The van der Waals surface area contributed by atoms with Crippen molar-refractivity contribution in [2.45, 2.75) is 6.92 Å². The molecule has 6 nitrogen and oxygen atoms in total. The number of para-hydroxylation sites is 1. The van der Waals surface area contributed by atoms with Gasteiger partial charge in [-0.3, -0.25) is 9.59 Å². The summed E-state index contributed by atoms with van der Waals surface area (Å²) in [7, 11) is 1.41. The summed E-state index contributed by atoms with van der Waals surface area (Å²) in [6.07, 6.45) is 0. The molecule has 0 radical (unpaired) electrons. The largest absolute Gasteiger partial charge is 0.504 e. The molecule has 98 valence electrons. The van der Waals surface area contributed by atoms with E-state index in [2.05, 4.69) is 10.6 Å². The zero-order valence-corrected chi connectivity index (χ0v) is 10.3. The summed E-state index contributed by atoms with van der Waals surface area (Å²) in [5, 5.41) is 14.9. The highest BCUT2D eigenvalue weighted by Gasteiger charge is 2.13. The zero-order chi connectivity index (χ0) is 13.5. The van der Waals surface area contributed by atoms with E-state index in [1.165, 1.54) is 20.1 Å². The molecular weight excluding hydrogens is 236 g/mol. The van der Waals surface area contributed by atoms with Crippen LogP contribution in [0.25, 0.3) is 0 Å². The molecular formula is C12H16N2O4. The van der Waals surface area contributed by atoms with E-state index in [4.69, 9.17) is 4.74 Å². The van der Waals surface area contributed by atoms with E-state index >= 15 is 0 Å². The minimum atomic E-state index is -0.420. The molecule has 0 bridgehead atoms. The number of amides is 2. The van der Waals surface area contributed by atoms with Gasteiger partial charge in [0.15, 0.2) is 11.5 Å². The van der Waals surface area contributed by atoms with Crippen molar-refractivity contribution in [3.05, 3.63) is 23.8 Å². The van der Waals surface area contributed by atoms with Gasteiger partial charge in [-0.25, -0.2) is 0 Å². The van der Waals surface area contributed by atoms with E-state index in [9.17, 15) is 14.7 Å². The normalized spacial score (nSPS) is 9.67. The summed E-state index contributed by atoms with van der Waals surface area (Å²) in [5.41, 5.74) is 0.136. The second-order valence-corrected chi connectivity index (χ2v) is 3.60. The third-order valence-corrected chi connectivity index (χ3v) is 2.25. The van der Waals surface area contributed by atoms with Gasteiger partial charge in [0.2, 0.25) is 5.91 Å². The first kappa shape index (κ1) is 13.8. The number of aromatic hydroxyl groups is 1. The Hall–Kier alpha value is -2.24. The third kappa shape index (κ3) is 3.65. The Morgan fingerprint density at radius 1 is 1.28 bits per heavy atom. The monoisotopic (exact) mass is 252 g/mol. The highest BCUT2D eigenvalue weighted by molar-refractivity contribution is 5.97. The average molecular weight is 252 g/mol. The molecule has 1 aromatic rings. The highest BCUT2D eigenvalue weighted by Crippen LogP contribution is 2.28. The molecule has 6 heteroatoms. The number of carbonyl (C=O) groups excluding carboxylic acids is 2. The minimum absolute atomic E-state index is 0.136. The van der Waals surface area contributed by atoms with Crippen molar-refractivity contribution < 1.29 is 19.4 Å². The molecule has 0 unspecified atom stereocenters. The number of carbonyl (C=O) groups is 2. The van der Waals surface area contributed by atoms with E-state index in [0.29, 0.717) is 6.54 Å². The summed E-state index contributed by atoms with van der Waals surface area (Å²) in [6.45, 7) is 2.02. The summed E-state index contributed by atoms with van der Waals surface area (Å²) in [5.74, 6) is -0.535. The molecule has 0 atom stereocenters. The van der Waals surface area contributed by atoms with E-state index in [1.54, 1.807) is 12.1 Å². The standard InChI is InChI=1S/C12H16N2O4/c1-8(15)13-6-7-14-12(17)9-4-3-5-10(18-2)11(9)16/h3-5,16H,6-7H2,1-2H3,(H,13,15)(H,14,17). The number of nitrogens with one attached hydrogen (secondary N) is 2. The first-order valence-corrected chi connectivity index (χ1v) is 5.45. The van der Waals surface area contributed by atoms with Gasteiger partial charge in [0, 0.05) is 20.0 Å². The van der Waals surface area contributed by atoms with Crippen molar-refractivity contribution in [3.63, 3.8) is 0 Å². The number of rotatable bonds is 5. The molecule has 0 spiro atoms. The average Bonchev–Trinajstić information content (AvgIpc) is 2.34. The maximum absolute atomic E-state index is 11.7. The number of benzene rings is 1. The van der Waals surface area contributed by atoms with Crippen LogP contribution in [0.5, 0.6) is 11.5 Å². The Labute approximate surface area is 105 Å². The van der Waals surface area contributed by atoms with Crippen LogP contribution < -0.4 is 15.4 Å². The minimum Gasteiger partial charge on any atom is -0.504 e. The third-order valence-electron chi connectivity index (χ3n) is 2.25. The van der Waals surface area contributed by atoms with Crippen LogP contribution in [0.3, 0.4) is 0 Å². The second kappa shape index (κ2) is 6.48. The number of hydrogen-bond donors (Lipinski definition) is 3. The van der Waals surface area contributed by atoms with Crippen LogP contribution >= 0.6 is 0 Å². The Bertz CT molecular complexity index is 446. The lowest BCUT2D eigenvalue weighted by Crippen LogP contribution is -2.33. The summed E-state index contributed by atoms with van der Waals surface area (Å²) < 4.78 is 4.91. The van der Waals surface area contributed by atoms with E-state index < -0.39 is 5.91 Å². The van der Waals surface area contributed by atoms with Crippen molar-refractivity contribution in [2.75, 3.05) is 20.2 Å². The molecule has 0 saturated heterocycles. The van der Waals surface area contributed by atoms with Gasteiger partial charge in [-0.15, -0.1) is 0 Å². The van der Waals surface area contributed by atoms with Gasteiger partial charge in [-0.05, 0) is 12.1 Å². The van der Waals surface area contributed by atoms with Crippen molar-refractivity contribution in [1.29, 1.82) is 0 Å². The van der Waals surface area contributed by atoms with Crippen molar-refractivity contribution >= 4 is 11.8 Å². The number of phenols is 1. The molecule has 0 aliphatic heterocycles.